The highest BCUT2D eigenvalue weighted by molar-refractivity contribution is 5.83. The Labute approximate surface area is 217 Å². The Morgan fingerprint density at radius 2 is 1.74 bits per heavy atom. The molecule has 2 saturated heterocycles. The number of nitriles is 1. The van der Waals surface area contributed by atoms with Crippen molar-refractivity contribution in [2.45, 2.75) is 62.6 Å². The van der Waals surface area contributed by atoms with Gasteiger partial charge in [-0.05, 0) is 49.4 Å². The largest absolute Gasteiger partial charge is 0.416 e. The average molecular weight is 542 g/mol. The molecule has 0 saturated carbocycles. The van der Waals surface area contributed by atoms with Gasteiger partial charge in [-0.2, -0.15) is 31.6 Å². The van der Waals surface area contributed by atoms with Crippen molar-refractivity contribution in [2.24, 2.45) is 11.8 Å². The molecular weight excluding hydrogens is 512 g/mol. The van der Waals surface area contributed by atoms with Gasteiger partial charge in [0.2, 0.25) is 5.91 Å². The Balaban J connectivity index is 1.60. The Morgan fingerprint density at radius 1 is 1.11 bits per heavy atom. The highest BCUT2D eigenvalue weighted by Gasteiger charge is 2.53. The fourth-order valence-corrected chi connectivity index (χ4v) is 5.58. The number of allylic oxidation sites excluding steroid dienone is 3. The molecule has 5 atom stereocenters. The molecule has 1 amide bonds. The van der Waals surface area contributed by atoms with Crippen molar-refractivity contribution in [3.05, 3.63) is 59.2 Å². The monoisotopic (exact) mass is 541 g/mol. The first kappa shape index (κ1) is 28.2. The molecule has 11 heteroatoms. The van der Waals surface area contributed by atoms with Gasteiger partial charge < -0.3 is 15.0 Å². The molecule has 1 aliphatic carbocycles. The van der Waals surface area contributed by atoms with Gasteiger partial charge in [0, 0.05) is 31.0 Å². The van der Waals surface area contributed by atoms with Crippen molar-refractivity contribution in [1.29, 1.82) is 5.26 Å². The smallest absolute Gasteiger partial charge is 0.372 e. The van der Waals surface area contributed by atoms with E-state index in [9.17, 15) is 36.4 Å². The number of alkyl halides is 6. The van der Waals surface area contributed by atoms with E-state index in [4.69, 9.17) is 4.74 Å². The summed E-state index contributed by atoms with van der Waals surface area (Å²) in [6.45, 7) is 4.08. The lowest BCUT2D eigenvalue weighted by Crippen LogP contribution is -2.70. The molecule has 0 radical (unpaired) electrons. The summed E-state index contributed by atoms with van der Waals surface area (Å²) in [5.41, 5.74) is -4.78. The van der Waals surface area contributed by atoms with Crippen LogP contribution in [0.1, 0.15) is 55.9 Å². The minimum atomic E-state index is -4.95. The minimum Gasteiger partial charge on any atom is -0.372 e. The number of rotatable bonds is 6. The summed E-state index contributed by atoms with van der Waals surface area (Å²) in [4.78, 5) is 13.7. The standard InChI is InChI=1S/C27H29F6N3O2/c1-17-5-3-4-6-22(17)25(9-8-24(14-34,15-35-25)36-10-7-23(36)37)16-38-18(2)19-11-20(26(28,29)30)13-21(12-19)27(31,32)33/h3-6,11-13,17-18,22,35H,7-10,15-16H2,1-2H3/t17?,18-,22?,24-,25-/m1/s1. The number of halogens is 6. The van der Waals surface area contributed by atoms with Crippen LogP contribution in [-0.2, 0) is 21.9 Å². The number of nitrogens with zero attached hydrogens (tertiary/aromatic N) is 2. The lowest BCUT2D eigenvalue weighted by molar-refractivity contribution is -0.148. The van der Waals surface area contributed by atoms with E-state index < -0.39 is 40.7 Å². The zero-order chi connectivity index (χ0) is 27.9. The summed E-state index contributed by atoms with van der Waals surface area (Å²) >= 11 is 0. The quantitative estimate of drug-likeness (QED) is 0.366. The van der Waals surface area contributed by atoms with Gasteiger partial charge in [-0.1, -0.05) is 31.2 Å². The van der Waals surface area contributed by atoms with Crippen LogP contribution in [0.15, 0.2) is 42.5 Å². The van der Waals surface area contributed by atoms with Crippen LogP contribution < -0.4 is 5.32 Å². The van der Waals surface area contributed by atoms with Crippen LogP contribution in [0, 0.1) is 23.2 Å². The van der Waals surface area contributed by atoms with E-state index in [0.29, 0.717) is 37.9 Å². The number of hydrogen-bond acceptors (Lipinski definition) is 4. The molecular formula is C27H29F6N3O2. The lowest BCUT2D eigenvalue weighted by atomic mass is 9.67. The zero-order valence-corrected chi connectivity index (χ0v) is 21.0. The molecule has 2 fully saturated rings. The van der Waals surface area contributed by atoms with Gasteiger partial charge >= 0.3 is 12.4 Å². The summed E-state index contributed by atoms with van der Waals surface area (Å²) in [7, 11) is 0. The molecule has 1 aromatic carbocycles. The Bertz CT molecular complexity index is 1130. The number of hydrogen-bond donors (Lipinski definition) is 1. The van der Waals surface area contributed by atoms with Gasteiger partial charge in [-0.25, -0.2) is 0 Å². The number of β-lactam (4-membered cyclic amide) rings is 1. The fourth-order valence-electron chi connectivity index (χ4n) is 5.58. The lowest BCUT2D eigenvalue weighted by Gasteiger charge is -2.54. The average Bonchev–Trinajstić information content (AvgIpc) is 2.86. The maximum Gasteiger partial charge on any atom is 0.416 e. The van der Waals surface area contributed by atoms with Crippen molar-refractivity contribution >= 4 is 5.91 Å². The van der Waals surface area contributed by atoms with E-state index in [-0.39, 0.29) is 42.5 Å². The molecule has 0 spiro atoms. The molecule has 2 heterocycles. The summed E-state index contributed by atoms with van der Waals surface area (Å²) < 4.78 is 86.2. The predicted molar refractivity (Wildman–Crippen MR) is 126 cm³/mol. The van der Waals surface area contributed by atoms with Gasteiger partial charge in [0.15, 0.2) is 0 Å². The van der Waals surface area contributed by atoms with Crippen molar-refractivity contribution in [2.75, 3.05) is 19.7 Å². The van der Waals surface area contributed by atoms with E-state index in [1.54, 1.807) is 4.90 Å². The van der Waals surface area contributed by atoms with Gasteiger partial charge in [-0.3, -0.25) is 4.79 Å². The summed E-state index contributed by atoms with van der Waals surface area (Å²) in [5.74, 6) is -0.155. The second-order valence-corrected chi connectivity index (χ2v) is 10.4. The minimum absolute atomic E-state index is 0.0194. The SMILES string of the molecule is CC1C=CC=CC1[C@]1(CO[C@H](C)c2cc(C(F)(F)F)cc(C(F)(F)F)c2)CC[C@](C#N)(N2CCC2=O)CN1. The third-order valence-corrected chi connectivity index (χ3v) is 8.01. The number of ether oxygens (including phenoxy) is 1. The van der Waals surface area contributed by atoms with E-state index in [1.165, 1.54) is 6.92 Å². The van der Waals surface area contributed by atoms with Crippen molar-refractivity contribution in [3.63, 3.8) is 0 Å². The van der Waals surface area contributed by atoms with Gasteiger partial charge in [0.05, 0.1) is 29.9 Å². The number of piperidine rings is 1. The number of likely N-dealkylation sites (tertiary alicyclic amines) is 1. The molecule has 4 rings (SSSR count). The zero-order valence-electron chi connectivity index (χ0n) is 21.0. The summed E-state index contributed by atoms with van der Waals surface area (Å²) in [6.07, 6.45) is -2.03. The van der Waals surface area contributed by atoms with E-state index >= 15 is 0 Å². The van der Waals surface area contributed by atoms with Crippen LogP contribution in [0.5, 0.6) is 0 Å². The third-order valence-electron chi connectivity index (χ3n) is 8.01. The van der Waals surface area contributed by atoms with Crippen LogP contribution in [0.25, 0.3) is 0 Å². The normalized spacial score (nSPS) is 30.6. The molecule has 2 unspecified atom stereocenters. The molecule has 2 aliphatic heterocycles. The highest BCUT2D eigenvalue weighted by atomic mass is 19.4. The molecule has 206 valence electrons. The van der Waals surface area contributed by atoms with Crippen LogP contribution in [0.2, 0.25) is 0 Å². The molecule has 0 aromatic heterocycles. The van der Waals surface area contributed by atoms with Crippen LogP contribution in [-0.4, -0.2) is 41.6 Å². The van der Waals surface area contributed by atoms with E-state index in [0.717, 1.165) is 0 Å². The van der Waals surface area contributed by atoms with Crippen LogP contribution in [0.4, 0.5) is 26.3 Å². The molecule has 5 nitrogen and oxygen atoms in total. The molecule has 38 heavy (non-hydrogen) atoms. The summed E-state index contributed by atoms with van der Waals surface area (Å²) in [5, 5.41) is 13.4. The first-order chi connectivity index (χ1) is 17.7. The van der Waals surface area contributed by atoms with Crippen LogP contribution in [0.3, 0.4) is 0 Å². The Kier molecular flexibility index (Phi) is 7.45. The highest BCUT2D eigenvalue weighted by Crippen LogP contribution is 2.42. The second-order valence-electron chi connectivity index (χ2n) is 10.4. The Hall–Kier alpha value is -2.84. The van der Waals surface area contributed by atoms with Crippen LogP contribution >= 0.6 is 0 Å². The topological polar surface area (TPSA) is 65.4 Å². The van der Waals surface area contributed by atoms with Gasteiger partial charge in [0.1, 0.15) is 5.54 Å². The third kappa shape index (κ3) is 5.34. The van der Waals surface area contributed by atoms with Gasteiger partial charge in [-0.15, -0.1) is 0 Å². The number of benzene rings is 1. The van der Waals surface area contributed by atoms with E-state index in [2.05, 4.69) is 11.4 Å². The predicted octanol–water partition coefficient (Wildman–Crippen LogP) is 5.80. The van der Waals surface area contributed by atoms with Gasteiger partial charge in [0.25, 0.3) is 0 Å². The molecule has 0 bridgehead atoms. The van der Waals surface area contributed by atoms with Crippen molar-refractivity contribution in [1.82, 2.24) is 10.2 Å². The Morgan fingerprint density at radius 3 is 2.18 bits per heavy atom. The molecule has 1 aromatic rings. The number of carbonyl (C=O) groups is 1. The van der Waals surface area contributed by atoms with Crippen molar-refractivity contribution in [3.8, 4) is 6.07 Å². The summed E-state index contributed by atoms with van der Waals surface area (Å²) in [6, 6.07) is 3.75. The maximum atomic E-state index is 13.4. The van der Waals surface area contributed by atoms with Crippen molar-refractivity contribution < 1.29 is 35.9 Å². The number of nitrogens with one attached hydrogen (secondary N) is 1. The van der Waals surface area contributed by atoms with E-state index in [1.807, 2.05) is 31.2 Å². The number of carbonyl (C=O) groups excluding carboxylic acids is 1. The number of amides is 1. The fraction of sp³-hybridized carbons (Fsp3) is 0.556. The maximum absolute atomic E-state index is 13.4. The molecule has 1 N–H and O–H groups in total. The first-order valence-electron chi connectivity index (χ1n) is 12.4. The first-order valence-corrected chi connectivity index (χ1v) is 12.4. The molecule has 3 aliphatic rings. The second kappa shape index (κ2) is 10.0.